The Balaban J connectivity index is 2.50. The van der Waals surface area contributed by atoms with E-state index in [1.165, 1.54) is 19.4 Å². The van der Waals surface area contributed by atoms with Crippen LogP contribution in [-0.2, 0) is 10.0 Å². The number of hydrogen-bond acceptors (Lipinski definition) is 5. The van der Waals surface area contributed by atoms with Crippen LogP contribution in [0.1, 0.15) is 11.1 Å². The second-order valence-electron chi connectivity index (χ2n) is 4.63. The first kappa shape index (κ1) is 15.1. The summed E-state index contributed by atoms with van der Waals surface area (Å²) in [7, 11) is -2.42. The topological polar surface area (TPSA) is 94.3 Å². The molecule has 1 heterocycles. The van der Waals surface area contributed by atoms with Gasteiger partial charge in [0.25, 0.3) is 10.0 Å². The van der Waals surface area contributed by atoms with Gasteiger partial charge in [0.05, 0.1) is 7.11 Å². The molecule has 6 nitrogen and oxygen atoms in total. The second kappa shape index (κ2) is 5.61. The average Bonchev–Trinajstić information content (AvgIpc) is 2.43. The fraction of sp³-hybridized carbons (Fsp3) is 0.214. The fourth-order valence-electron chi connectivity index (χ4n) is 1.82. The van der Waals surface area contributed by atoms with Crippen molar-refractivity contribution in [3.63, 3.8) is 0 Å². The molecule has 0 bridgehead atoms. The molecule has 2 aromatic rings. The molecule has 0 amide bonds. The number of benzene rings is 1. The van der Waals surface area contributed by atoms with Crippen molar-refractivity contribution in [2.24, 2.45) is 0 Å². The van der Waals surface area contributed by atoms with Crippen LogP contribution in [-0.4, -0.2) is 20.5 Å². The molecule has 0 radical (unpaired) electrons. The summed E-state index contributed by atoms with van der Waals surface area (Å²) in [6.07, 6.45) is 1.52. The van der Waals surface area contributed by atoms with Gasteiger partial charge in [-0.15, -0.1) is 0 Å². The van der Waals surface area contributed by atoms with E-state index in [0.29, 0.717) is 5.69 Å². The number of nitrogens with zero attached hydrogens (tertiary/aromatic N) is 1. The third kappa shape index (κ3) is 3.08. The van der Waals surface area contributed by atoms with Gasteiger partial charge in [-0.1, -0.05) is 6.07 Å². The van der Waals surface area contributed by atoms with E-state index >= 15 is 0 Å². The standard InChI is InChI=1S/C14H17N3O3S/c1-9-5-4-6-16-14(9)17-21(18,19)13-8-11(15)10(2)7-12(13)20-3/h4-8H,15H2,1-3H3,(H,16,17). The molecule has 2 rings (SSSR count). The highest BCUT2D eigenvalue weighted by molar-refractivity contribution is 7.92. The van der Waals surface area contributed by atoms with E-state index in [4.69, 9.17) is 10.5 Å². The molecule has 0 aliphatic carbocycles. The zero-order chi connectivity index (χ0) is 15.6. The molecule has 3 N–H and O–H groups in total. The lowest BCUT2D eigenvalue weighted by molar-refractivity contribution is 0.402. The fourth-order valence-corrected chi connectivity index (χ4v) is 3.09. The van der Waals surface area contributed by atoms with Crippen LogP contribution < -0.4 is 15.2 Å². The van der Waals surface area contributed by atoms with E-state index in [2.05, 4.69) is 9.71 Å². The molecule has 0 atom stereocenters. The number of anilines is 2. The quantitative estimate of drug-likeness (QED) is 0.843. The van der Waals surface area contributed by atoms with Crippen LogP contribution in [0, 0.1) is 13.8 Å². The van der Waals surface area contributed by atoms with E-state index in [0.717, 1.165) is 11.1 Å². The molecule has 0 aliphatic rings. The number of rotatable bonds is 4. The number of pyridine rings is 1. The Morgan fingerprint density at radius 1 is 1.24 bits per heavy atom. The Labute approximate surface area is 124 Å². The highest BCUT2D eigenvalue weighted by Gasteiger charge is 2.22. The summed E-state index contributed by atoms with van der Waals surface area (Å²) in [5.41, 5.74) is 7.66. The third-order valence-corrected chi connectivity index (χ3v) is 4.44. The summed E-state index contributed by atoms with van der Waals surface area (Å²) in [6.45, 7) is 3.55. The van der Waals surface area contributed by atoms with Gasteiger partial charge in [0, 0.05) is 11.9 Å². The molecule has 112 valence electrons. The highest BCUT2D eigenvalue weighted by Crippen LogP contribution is 2.30. The maximum Gasteiger partial charge on any atom is 0.266 e. The Kier molecular flexibility index (Phi) is 4.04. The van der Waals surface area contributed by atoms with Crippen LogP contribution in [0.15, 0.2) is 35.4 Å². The Bertz CT molecular complexity index is 773. The lowest BCUT2D eigenvalue weighted by Crippen LogP contribution is -2.16. The average molecular weight is 307 g/mol. The summed E-state index contributed by atoms with van der Waals surface area (Å²) in [5.74, 6) is 0.515. The van der Waals surface area contributed by atoms with Crippen molar-refractivity contribution in [1.82, 2.24) is 4.98 Å². The van der Waals surface area contributed by atoms with Crippen LogP contribution in [0.2, 0.25) is 0 Å². The first-order valence-corrected chi connectivity index (χ1v) is 7.72. The Hall–Kier alpha value is -2.28. The number of methoxy groups -OCH3 is 1. The van der Waals surface area contributed by atoms with Crippen molar-refractivity contribution in [1.29, 1.82) is 0 Å². The van der Waals surface area contributed by atoms with Crippen molar-refractivity contribution < 1.29 is 13.2 Å². The van der Waals surface area contributed by atoms with Crippen molar-refractivity contribution >= 4 is 21.5 Å². The van der Waals surface area contributed by atoms with Gasteiger partial charge in [-0.3, -0.25) is 4.72 Å². The summed E-state index contributed by atoms with van der Waals surface area (Å²) < 4.78 is 32.6. The van der Waals surface area contributed by atoms with E-state index in [9.17, 15) is 8.42 Å². The van der Waals surface area contributed by atoms with Gasteiger partial charge in [-0.2, -0.15) is 0 Å². The number of nitrogens with two attached hydrogens (primary N) is 1. The zero-order valence-corrected chi connectivity index (χ0v) is 12.9. The van der Waals surface area contributed by atoms with Gasteiger partial charge >= 0.3 is 0 Å². The SMILES string of the molecule is COc1cc(C)c(N)cc1S(=O)(=O)Nc1ncccc1C. The second-order valence-corrected chi connectivity index (χ2v) is 6.28. The van der Waals surface area contributed by atoms with Gasteiger partial charge < -0.3 is 10.5 Å². The number of nitrogens with one attached hydrogen (secondary N) is 1. The van der Waals surface area contributed by atoms with Crippen LogP contribution in [0.3, 0.4) is 0 Å². The molecular weight excluding hydrogens is 290 g/mol. The monoisotopic (exact) mass is 307 g/mol. The van der Waals surface area contributed by atoms with Crippen molar-refractivity contribution in [3.05, 3.63) is 41.6 Å². The summed E-state index contributed by atoms with van der Waals surface area (Å²) in [6, 6.07) is 6.48. The number of aromatic nitrogens is 1. The molecule has 0 saturated carbocycles. The predicted octanol–water partition coefficient (Wildman–Crippen LogP) is 2.09. The van der Waals surface area contributed by atoms with E-state index < -0.39 is 10.0 Å². The largest absolute Gasteiger partial charge is 0.495 e. The normalized spacial score (nSPS) is 11.2. The lowest BCUT2D eigenvalue weighted by atomic mass is 10.2. The summed E-state index contributed by atoms with van der Waals surface area (Å²) in [4.78, 5) is 4.01. The molecule has 7 heteroatoms. The molecule has 1 aromatic carbocycles. The van der Waals surface area contributed by atoms with Crippen LogP contribution >= 0.6 is 0 Å². The Morgan fingerprint density at radius 3 is 2.57 bits per heavy atom. The van der Waals surface area contributed by atoms with E-state index in [-0.39, 0.29) is 16.5 Å². The number of aryl methyl sites for hydroxylation is 2. The van der Waals surface area contributed by atoms with Crippen LogP contribution in [0.5, 0.6) is 5.75 Å². The minimum atomic E-state index is -3.84. The smallest absolute Gasteiger partial charge is 0.266 e. The highest BCUT2D eigenvalue weighted by atomic mass is 32.2. The van der Waals surface area contributed by atoms with Gasteiger partial charge in [-0.25, -0.2) is 13.4 Å². The van der Waals surface area contributed by atoms with Crippen LogP contribution in [0.4, 0.5) is 11.5 Å². The summed E-state index contributed by atoms with van der Waals surface area (Å²) in [5, 5.41) is 0. The molecule has 0 fully saturated rings. The molecule has 0 spiro atoms. The molecule has 0 unspecified atom stereocenters. The van der Waals surface area contributed by atoms with Crippen molar-refractivity contribution in [3.8, 4) is 5.75 Å². The minimum Gasteiger partial charge on any atom is -0.495 e. The number of sulfonamides is 1. The molecular formula is C14H17N3O3S. The minimum absolute atomic E-state index is 0.0156. The number of hydrogen-bond donors (Lipinski definition) is 2. The van der Waals surface area contributed by atoms with Crippen molar-refractivity contribution in [2.45, 2.75) is 18.7 Å². The zero-order valence-electron chi connectivity index (χ0n) is 12.0. The first-order valence-electron chi connectivity index (χ1n) is 6.23. The van der Waals surface area contributed by atoms with Crippen molar-refractivity contribution in [2.75, 3.05) is 17.6 Å². The first-order chi connectivity index (χ1) is 9.85. The molecule has 21 heavy (non-hydrogen) atoms. The predicted molar refractivity (Wildman–Crippen MR) is 81.9 cm³/mol. The van der Waals surface area contributed by atoms with E-state index in [1.807, 2.05) is 0 Å². The van der Waals surface area contributed by atoms with E-state index in [1.54, 1.807) is 32.0 Å². The molecule has 0 aliphatic heterocycles. The van der Waals surface area contributed by atoms with Gasteiger partial charge in [-0.05, 0) is 43.2 Å². The maximum absolute atomic E-state index is 12.5. The number of ether oxygens (including phenoxy) is 1. The van der Waals surface area contributed by atoms with Gasteiger partial charge in [0.15, 0.2) is 0 Å². The van der Waals surface area contributed by atoms with Crippen LogP contribution in [0.25, 0.3) is 0 Å². The van der Waals surface area contributed by atoms with Gasteiger partial charge in [0.1, 0.15) is 16.5 Å². The maximum atomic E-state index is 12.5. The molecule has 0 saturated heterocycles. The lowest BCUT2D eigenvalue weighted by Gasteiger charge is -2.14. The number of nitrogen functional groups attached to an aromatic ring is 1. The van der Waals surface area contributed by atoms with Gasteiger partial charge in [0.2, 0.25) is 0 Å². The molecule has 1 aromatic heterocycles. The summed E-state index contributed by atoms with van der Waals surface area (Å²) >= 11 is 0. The third-order valence-electron chi connectivity index (χ3n) is 3.08. The Morgan fingerprint density at radius 2 is 1.95 bits per heavy atom.